The van der Waals surface area contributed by atoms with Crippen molar-refractivity contribution in [1.82, 2.24) is 5.32 Å². The average Bonchev–Trinajstić information content (AvgIpc) is 2.60. The summed E-state index contributed by atoms with van der Waals surface area (Å²) in [5.41, 5.74) is 2.09. The fourth-order valence-corrected chi connectivity index (χ4v) is 1.58. The molecule has 1 aliphatic rings. The van der Waals surface area contributed by atoms with Gasteiger partial charge in [-0.2, -0.15) is 0 Å². The first kappa shape index (κ1) is 10.3. The maximum absolute atomic E-state index is 10.7. The number of nitrogens with one attached hydrogen (secondary N) is 1. The molecule has 0 saturated heterocycles. The predicted octanol–water partition coefficient (Wildman–Crippen LogP) is 2.33. The number of carbonyl (C=O) groups is 1. The van der Waals surface area contributed by atoms with Crippen molar-refractivity contribution in [2.75, 3.05) is 6.79 Å². The highest BCUT2D eigenvalue weighted by Crippen LogP contribution is 2.34. The van der Waals surface area contributed by atoms with Gasteiger partial charge in [0.05, 0.1) is 0 Å². The van der Waals surface area contributed by atoms with Crippen molar-refractivity contribution >= 4 is 20.7 Å². The second-order valence-electron chi connectivity index (χ2n) is 3.26. The van der Waals surface area contributed by atoms with E-state index in [0.29, 0.717) is 6.54 Å². The molecule has 1 N–H and O–H groups in total. The summed E-state index contributed by atoms with van der Waals surface area (Å²) in [6, 6.07) is 3.80. The largest absolute Gasteiger partial charge is 0.454 e. The molecule has 1 aromatic rings. The number of aryl methyl sites for hydroxylation is 1. The minimum Gasteiger partial charge on any atom is -0.454 e. The van der Waals surface area contributed by atoms with Crippen molar-refractivity contribution in [3.63, 3.8) is 0 Å². The van der Waals surface area contributed by atoms with E-state index in [4.69, 9.17) is 9.47 Å². The number of amides is 1. The number of halogens is 1. The number of rotatable bonds is 2. The van der Waals surface area contributed by atoms with Gasteiger partial charge in [0.25, 0.3) is 4.82 Å². The number of carbonyl (C=O) groups excluding carboxylic acids is 1. The van der Waals surface area contributed by atoms with Crippen LogP contribution in [0.15, 0.2) is 12.1 Å². The fraction of sp³-hybridized carbons (Fsp3) is 0.300. The van der Waals surface area contributed by atoms with Crippen molar-refractivity contribution in [2.24, 2.45) is 0 Å². The molecule has 4 nitrogen and oxygen atoms in total. The predicted molar refractivity (Wildman–Crippen MR) is 58.5 cm³/mol. The number of fused-ring (bicyclic) bond motifs is 1. The second-order valence-corrected chi connectivity index (χ2v) is 3.98. The smallest absolute Gasteiger partial charge is 0.287 e. The summed E-state index contributed by atoms with van der Waals surface area (Å²) >= 11 is 2.81. The first-order valence-corrected chi connectivity index (χ1v) is 5.28. The van der Waals surface area contributed by atoms with Crippen LogP contribution in [0, 0.1) is 6.92 Å². The first-order valence-electron chi connectivity index (χ1n) is 4.49. The van der Waals surface area contributed by atoms with E-state index in [9.17, 15) is 4.79 Å². The van der Waals surface area contributed by atoms with Crippen LogP contribution in [-0.2, 0) is 6.54 Å². The third kappa shape index (κ3) is 2.23. The lowest BCUT2D eigenvalue weighted by molar-refractivity contribution is 0.174. The van der Waals surface area contributed by atoms with E-state index >= 15 is 0 Å². The topological polar surface area (TPSA) is 47.6 Å². The van der Waals surface area contributed by atoms with Gasteiger partial charge in [-0.1, -0.05) is 0 Å². The van der Waals surface area contributed by atoms with Gasteiger partial charge in [-0.25, -0.2) is 0 Å². The minimum atomic E-state index is -0.223. The summed E-state index contributed by atoms with van der Waals surface area (Å²) in [7, 11) is 0. The zero-order chi connectivity index (χ0) is 10.8. The Morgan fingerprint density at radius 1 is 1.47 bits per heavy atom. The molecule has 0 saturated carbocycles. The summed E-state index contributed by atoms with van der Waals surface area (Å²) in [5.74, 6) is 1.50. The van der Waals surface area contributed by atoms with E-state index in [1.807, 2.05) is 19.1 Å². The maximum Gasteiger partial charge on any atom is 0.287 e. The highest BCUT2D eigenvalue weighted by Gasteiger charge is 2.15. The highest BCUT2D eigenvalue weighted by molar-refractivity contribution is 9.18. The van der Waals surface area contributed by atoms with Crippen LogP contribution in [0.5, 0.6) is 11.5 Å². The summed E-state index contributed by atoms with van der Waals surface area (Å²) in [5, 5.41) is 2.68. The van der Waals surface area contributed by atoms with Crippen LogP contribution in [0.1, 0.15) is 11.1 Å². The van der Waals surface area contributed by atoms with Crippen molar-refractivity contribution in [3.8, 4) is 11.5 Å². The molecule has 0 radical (unpaired) electrons. The molecule has 0 aliphatic carbocycles. The molecule has 0 bridgehead atoms. The van der Waals surface area contributed by atoms with E-state index in [2.05, 4.69) is 21.2 Å². The summed E-state index contributed by atoms with van der Waals surface area (Å²) < 4.78 is 10.5. The average molecular weight is 272 g/mol. The standard InChI is InChI=1S/C10H10BrNO3/c1-6-2-8-9(15-5-14-8)3-7(6)4-12-10(11)13/h2-3H,4-5H2,1H3,(H,12,13). The van der Waals surface area contributed by atoms with Crippen molar-refractivity contribution in [2.45, 2.75) is 13.5 Å². The quantitative estimate of drug-likeness (QED) is 0.664. The summed E-state index contributed by atoms with van der Waals surface area (Å²) in [6.07, 6.45) is 0. The van der Waals surface area contributed by atoms with Crippen LogP contribution in [0.4, 0.5) is 4.79 Å². The molecule has 0 aromatic heterocycles. The van der Waals surface area contributed by atoms with Gasteiger partial charge in [0.15, 0.2) is 11.5 Å². The lowest BCUT2D eigenvalue weighted by Crippen LogP contribution is -2.15. The van der Waals surface area contributed by atoms with Gasteiger partial charge in [0.2, 0.25) is 6.79 Å². The lowest BCUT2D eigenvalue weighted by atomic mass is 10.1. The van der Waals surface area contributed by atoms with Gasteiger partial charge in [-0.15, -0.1) is 0 Å². The fourth-order valence-electron chi connectivity index (χ4n) is 1.44. The van der Waals surface area contributed by atoms with Gasteiger partial charge >= 0.3 is 0 Å². The Hall–Kier alpha value is -1.23. The molecule has 1 amide bonds. The zero-order valence-electron chi connectivity index (χ0n) is 8.17. The van der Waals surface area contributed by atoms with Gasteiger partial charge in [-0.05, 0) is 30.2 Å². The van der Waals surface area contributed by atoms with E-state index in [0.717, 1.165) is 22.6 Å². The van der Waals surface area contributed by atoms with E-state index in [1.54, 1.807) is 0 Å². The molecule has 1 aliphatic heterocycles. The molecule has 0 atom stereocenters. The molecule has 0 unspecified atom stereocenters. The van der Waals surface area contributed by atoms with Crippen LogP contribution in [-0.4, -0.2) is 11.6 Å². The Morgan fingerprint density at radius 3 is 2.80 bits per heavy atom. The van der Waals surface area contributed by atoms with Crippen LogP contribution in [0.2, 0.25) is 0 Å². The third-order valence-electron chi connectivity index (χ3n) is 2.25. The highest BCUT2D eigenvalue weighted by atomic mass is 79.9. The van der Waals surface area contributed by atoms with Gasteiger partial charge in [0.1, 0.15) is 0 Å². The molecule has 1 aromatic carbocycles. The van der Waals surface area contributed by atoms with Crippen molar-refractivity contribution in [3.05, 3.63) is 23.3 Å². The first-order chi connectivity index (χ1) is 7.16. The van der Waals surface area contributed by atoms with E-state index in [-0.39, 0.29) is 11.6 Å². The van der Waals surface area contributed by atoms with Gasteiger partial charge in [0, 0.05) is 22.5 Å². The van der Waals surface area contributed by atoms with Crippen LogP contribution in [0.3, 0.4) is 0 Å². The normalized spacial score (nSPS) is 12.7. The Labute approximate surface area is 95.7 Å². The van der Waals surface area contributed by atoms with E-state index in [1.165, 1.54) is 0 Å². The van der Waals surface area contributed by atoms with Crippen molar-refractivity contribution in [1.29, 1.82) is 0 Å². The molecule has 0 spiro atoms. The molecule has 80 valence electrons. The zero-order valence-corrected chi connectivity index (χ0v) is 9.76. The minimum absolute atomic E-state index is 0.223. The maximum atomic E-state index is 10.7. The molecule has 1 heterocycles. The lowest BCUT2D eigenvalue weighted by Gasteiger charge is -2.07. The number of benzene rings is 1. The third-order valence-corrected chi connectivity index (χ3v) is 2.53. The number of ether oxygens (including phenoxy) is 2. The Kier molecular flexibility index (Phi) is 2.81. The molecule has 15 heavy (non-hydrogen) atoms. The second kappa shape index (κ2) is 4.10. The van der Waals surface area contributed by atoms with Crippen LogP contribution in [0.25, 0.3) is 0 Å². The monoisotopic (exact) mass is 271 g/mol. The molecular formula is C10H10BrNO3. The SMILES string of the molecule is Cc1cc2c(cc1CNC(=O)Br)OCO2. The van der Waals surface area contributed by atoms with Crippen LogP contribution >= 0.6 is 15.9 Å². The van der Waals surface area contributed by atoms with Crippen molar-refractivity contribution < 1.29 is 14.3 Å². The van der Waals surface area contributed by atoms with Crippen LogP contribution < -0.4 is 14.8 Å². The Bertz CT molecular complexity index is 406. The molecule has 0 fully saturated rings. The summed E-state index contributed by atoms with van der Waals surface area (Å²) in [6.45, 7) is 2.72. The molecular weight excluding hydrogens is 262 g/mol. The Morgan fingerprint density at radius 2 is 2.13 bits per heavy atom. The molecule has 2 rings (SSSR count). The molecule has 5 heteroatoms. The van der Waals surface area contributed by atoms with E-state index < -0.39 is 0 Å². The number of hydrogen-bond donors (Lipinski definition) is 1. The van der Waals surface area contributed by atoms with Gasteiger partial charge in [-0.3, -0.25) is 4.79 Å². The summed E-state index contributed by atoms with van der Waals surface area (Å²) in [4.78, 5) is 10.5. The van der Waals surface area contributed by atoms with Gasteiger partial charge < -0.3 is 14.8 Å². The number of hydrogen-bond acceptors (Lipinski definition) is 3. The Balaban J connectivity index is 2.21.